The van der Waals surface area contributed by atoms with E-state index in [4.69, 9.17) is 5.84 Å². The lowest BCUT2D eigenvalue weighted by molar-refractivity contribution is 0.385. The van der Waals surface area contributed by atoms with Crippen molar-refractivity contribution in [1.82, 2.24) is 10.7 Å². The van der Waals surface area contributed by atoms with Gasteiger partial charge in [-0.05, 0) is 18.4 Å². The maximum Gasteiger partial charge on any atom is 0.0446 e. The first kappa shape index (κ1) is 13.0. The van der Waals surface area contributed by atoms with Crippen LogP contribution in [-0.2, 0) is 6.54 Å². The van der Waals surface area contributed by atoms with Crippen LogP contribution in [-0.4, -0.2) is 0 Å². The maximum atomic E-state index is 5.62. The van der Waals surface area contributed by atoms with Crippen molar-refractivity contribution < 1.29 is 0 Å². The highest BCUT2D eigenvalue weighted by Gasteiger charge is 2.16. The summed E-state index contributed by atoms with van der Waals surface area (Å²) in [5.41, 5.74) is 5.29. The van der Waals surface area contributed by atoms with Crippen LogP contribution in [0.5, 0.6) is 0 Å². The van der Waals surface area contributed by atoms with Crippen LogP contribution in [0.1, 0.15) is 37.7 Å². The molecule has 1 aromatic carbocycles. The number of nitrogens with one attached hydrogen (secondary N) is 2. The third-order valence-corrected chi connectivity index (χ3v) is 3.62. The smallest absolute Gasteiger partial charge is 0.0446 e. The number of hydrogen-bond donors (Lipinski definition) is 3. The van der Waals surface area contributed by atoms with E-state index in [0.29, 0.717) is 5.92 Å². The minimum Gasteiger partial charge on any atom is -0.385 e. The molecule has 0 aliphatic heterocycles. The van der Waals surface area contributed by atoms with Crippen LogP contribution in [0.25, 0.3) is 0 Å². The van der Waals surface area contributed by atoms with Crippen LogP contribution in [0.3, 0.4) is 0 Å². The van der Waals surface area contributed by atoms with E-state index in [0.717, 1.165) is 12.2 Å². The van der Waals surface area contributed by atoms with E-state index in [1.54, 1.807) is 0 Å². The first-order valence-electron chi connectivity index (χ1n) is 6.84. The maximum absolute atomic E-state index is 5.62. The molecule has 4 N–H and O–H groups in total. The van der Waals surface area contributed by atoms with Crippen molar-refractivity contribution in [2.75, 3.05) is 0 Å². The van der Waals surface area contributed by atoms with Crippen LogP contribution in [0.4, 0.5) is 0 Å². The molecule has 3 heteroatoms. The summed E-state index contributed by atoms with van der Waals surface area (Å²) in [7, 11) is 0. The number of rotatable bonds is 5. The monoisotopic (exact) mass is 245 g/mol. The zero-order valence-electron chi connectivity index (χ0n) is 10.9. The molecule has 1 aliphatic rings. The molecule has 1 aliphatic carbocycles. The zero-order valence-corrected chi connectivity index (χ0v) is 10.9. The van der Waals surface area contributed by atoms with Crippen LogP contribution < -0.4 is 16.6 Å². The van der Waals surface area contributed by atoms with Gasteiger partial charge in [0.25, 0.3) is 0 Å². The summed E-state index contributed by atoms with van der Waals surface area (Å²) >= 11 is 0. The molecule has 1 aromatic rings. The Kier molecular flexibility index (Phi) is 5.09. The Morgan fingerprint density at radius 1 is 1.17 bits per heavy atom. The fourth-order valence-corrected chi connectivity index (χ4v) is 2.57. The molecule has 0 atom stereocenters. The Balaban J connectivity index is 1.85. The molecule has 18 heavy (non-hydrogen) atoms. The predicted molar refractivity (Wildman–Crippen MR) is 75.3 cm³/mol. The van der Waals surface area contributed by atoms with Gasteiger partial charge >= 0.3 is 0 Å². The van der Waals surface area contributed by atoms with Gasteiger partial charge in [-0.2, -0.15) is 0 Å². The third kappa shape index (κ3) is 3.77. The second-order valence-corrected chi connectivity index (χ2v) is 4.95. The Morgan fingerprint density at radius 2 is 1.89 bits per heavy atom. The largest absolute Gasteiger partial charge is 0.385 e. The fraction of sp³-hybridized carbons (Fsp3) is 0.467. The average Bonchev–Trinajstić information content (AvgIpc) is 2.46. The van der Waals surface area contributed by atoms with Gasteiger partial charge in [-0.15, -0.1) is 0 Å². The molecule has 0 bridgehead atoms. The molecule has 1 fully saturated rings. The molecule has 0 aromatic heterocycles. The lowest BCUT2D eigenvalue weighted by Gasteiger charge is -2.24. The molecule has 1 saturated carbocycles. The Morgan fingerprint density at radius 3 is 2.56 bits per heavy atom. The first-order chi connectivity index (χ1) is 8.90. The number of allylic oxidation sites excluding steroid dienone is 1. The molecular weight excluding hydrogens is 222 g/mol. The van der Waals surface area contributed by atoms with E-state index in [2.05, 4.69) is 35.0 Å². The third-order valence-electron chi connectivity index (χ3n) is 3.62. The van der Waals surface area contributed by atoms with Crippen molar-refractivity contribution in [3.05, 3.63) is 47.8 Å². The lowest BCUT2D eigenvalue weighted by atomic mass is 9.87. The van der Waals surface area contributed by atoms with Crippen molar-refractivity contribution in [2.45, 2.75) is 38.6 Å². The van der Waals surface area contributed by atoms with Crippen LogP contribution in [0, 0.1) is 5.92 Å². The summed E-state index contributed by atoms with van der Waals surface area (Å²) in [5.74, 6) is 6.23. The molecule has 0 spiro atoms. The van der Waals surface area contributed by atoms with Crippen molar-refractivity contribution in [3.63, 3.8) is 0 Å². The van der Waals surface area contributed by atoms with Crippen LogP contribution in [0.15, 0.2) is 42.2 Å². The quantitative estimate of drug-likeness (QED) is 0.552. The van der Waals surface area contributed by atoms with Gasteiger partial charge in [0.1, 0.15) is 0 Å². The second-order valence-electron chi connectivity index (χ2n) is 4.95. The lowest BCUT2D eigenvalue weighted by Crippen LogP contribution is -2.29. The van der Waals surface area contributed by atoms with Gasteiger partial charge in [0.05, 0.1) is 0 Å². The highest BCUT2D eigenvalue weighted by Crippen LogP contribution is 2.27. The highest BCUT2D eigenvalue weighted by molar-refractivity contribution is 5.15. The topological polar surface area (TPSA) is 50.1 Å². The summed E-state index contributed by atoms with van der Waals surface area (Å²) in [6, 6.07) is 10.4. The Labute approximate surface area is 109 Å². The number of hydrazine groups is 1. The zero-order chi connectivity index (χ0) is 12.6. The standard InChI is InChI=1S/C15H23N3/c16-18-15(14-9-5-2-6-10-14)12-17-11-13-7-3-1-4-8-13/h1,3-4,7-8,12,14,17-18H,2,5-6,9-11,16H2/b15-12-. The van der Waals surface area contributed by atoms with Crippen LogP contribution in [0.2, 0.25) is 0 Å². The summed E-state index contributed by atoms with van der Waals surface area (Å²) in [6.45, 7) is 0.846. The number of hydrogen-bond acceptors (Lipinski definition) is 3. The normalized spacial score (nSPS) is 17.5. The molecular formula is C15H23N3. The summed E-state index contributed by atoms with van der Waals surface area (Å²) in [5, 5.41) is 3.35. The summed E-state index contributed by atoms with van der Waals surface area (Å²) in [4.78, 5) is 0. The SMILES string of the molecule is NN/C(=C\NCc1ccccc1)C1CCCCC1. The second kappa shape index (κ2) is 7.07. The predicted octanol–water partition coefficient (Wildman–Crippen LogP) is 2.66. The van der Waals surface area contributed by atoms with Gasteiger partial charge in [-0.3, -0.25) is 5.84 Å². The van der Waals surface area contributed by atoms with Crippen molar-refractivity contribution in [3.8, 4) is 0 Å². The molecule has 0 saturated heterocycles. The van der Waals surface area contributed by atoms with E-state index < -0.39 is 0 Å². The van der Waals surface area contributed by atoms with Gasteiger partial charge < -0.3 is 10.7 Å². The Hall–Kier alpha value is -1.48. The van der Waals surface area contributed by atoms with E-state index >= 15 is 0 Å². The minimum absolute atomic E-state index is 0.604. The van der Waals surface area contributed by atoms with E-state index in [9.17, 15) is 0 Å². The van der Waals surface area contributed by atoms with E-state index in [1.807, 2.05) is 12.3 Å². The molecule has 0 amide bonds. The van der Waals surface area contributed by atoms with Gasteiger partial charge in [0.2, 0.25) is 0 Å². The van der Waals surface area contributed by atoms with Crippen LogP contribution >= 0.6 is 0 Å². The van der Waals surface area contributed by atoms with E-state index in [-0.39, 0.29) is 0 Å². The Bertz CT molecular complexity index is 367. The first-order valence-corrected chi connectivity index (χ1v) is 6.84. The molecule has 98 valence electrons. The van der Waals surface area contributed by atoms with Crippen molar-refractivity contribution in [2.24, 2.45) is 11.8 Å². The van der Waals surface area contributed by atoms with Gasteiger partial charge in [-0.25, -0.2) is 0 Å². The summed E-state index contributed by atoms with van der Waals surface area (Å²) < 4.78 is 0. The average molecular weight is 245 g/mol. The summed E-state index contributed by atoms with van der Waals surface area (Å²) in [6.07, 6.45) is 8.56. The van der Waals surface area contributed by atoms with Gasteiger partial charge in [0, 0.05) is 24.4 Å². The van der Waals surface area contributed by atoms with Gasteiger partial charge in [0.15, 0.2) is 0 Å². The van der Waals surface area contributed by atoms with E-state index in [1.165, 1.54) is 37.7 Å². The highest BCUT2D eigenvalue weighted by atomic mass is 15.2. The number of benzene rings is 1. The van der Waals surface area contributed by atoms with Gasteiger partial charge in [-0.1, -0.05) is 49.6 Å². The van der Waals surface area contributed by atoms with Crippen molar-refractivity contribution in [1.29, 1.82) is 0 Å². The minimum atomic E-state index is 0.604. The molecule has 0 radical (unpaired) electrons. The fourth-order valence-electron chi connectivity index (χ4n) is 2.57. The molecule has 3 nitrogen and oxygen atoms in total. The molecule has 0 heterocycles. The molecule has 2 rings (SSSR count). The number of nitrogens with two attached hydrogens (primary N) is 1. The molecule has 0 unspecified atom stereocenters. The van der Waals surface area contributed by atoms with Crippen molar-refractivity contribution >= 4 is 0 Å².